The Morgan fingerprint density at radius 2 is 1.89 bits per heavy atom. The van der Waals surface area contributed by atoms with Crippen LogP contribution in [0.4, 0.5) is 4.79 Å². The van der Waals surface area contributed by atoms with Gasteiger partial charge in [-0.1, -0.05) is 0 Å². The largest absolute Gasteiger partial charge is 0.480 e. The van der Waals surface area contributed by atoms with Gasteiger partial charge in [0.2, 0.25) is 0 Å². The summed E-state index contributed by atoms with van der Waals surface area (Å²) < 4.78 is 5.23. The fraction of sp³-hybridized carbons (Fsp3) is 0.833. The highest BCUT2D eigenvalue weighted by Gasteiger charge is 2.56. The molecule has 0 aromatic rings. The van der Waals surface area contributed by atoms with Crippen molar-refractivity contribution in [2.75, 3.05) is 0 Å². The van der Waals surface area contributed by atoms with Crippen molar-refractivity contribution in [3.05, 3.63) is 0 Å². The molecule has 0 aromatic heterocycles. The summed E-state index contributed by atoms with van der Waals surface area (Å²) in [6.07, 6.45) is -0.255. The van der Waals surface area contributed by atoms with Crippen LogP contribution in [0.1, 0.15) is 33.6 Å². The first kappa shape index (κ1) is 13.1. The van der Waals surface area contributed by atoms with Gasteiger partial charge >= 0.3 is 12.1 Å². The summed E-state index contributed by atoms with van der Waals surface area (Å²) in [6.45, 7) is 5.22. The van der Waals surface area contributed by atoms with Crippen LogP contribution in [0.25, 0.3) is 0 Å². The van der Waals surface area contributed by atoms with E-state index in [1.54, 1.807) is 20.8 Å². The zero-order valence-corrected chi connectivity index (χ0v) is 10.8. The van der Waals surface area contributed by atoms with Crippen LogP contribution in [0.15, 0.2) is 0 Å². The maximum absolute atomic E-state index is 12.0. The van der Waals surface area contributed by atoms with Crippen LogP contribution >= 0.6 is 0 Å². The second-order valence-corrected chi connectivity index (χ2v) is 6.03. The number of hydrogen-bond donors (Lipinski definition) is 2. The third kappa shape index (κ3) is 2.16. The average molecular weight is 257 g/mol. The molecule has 1 heterocycles. The summed E-state index contributed by atoms with van der Waals surface area (Å²) in [6, 6.07) is -1.19. The molecular weight excluding hydrogens is 238 g/mol. The van der Waals surface area contributed by atoms with Crippen LogP contribution in [0, 0.1) is 5.92 Å². The molecular formula is C12H19NO5. The topological polar surface area (TPSA) is 87.1 Å². The zero-order chi connectivity index (χ0) is 13.7. The van der Waals surface area contributed by atoms with E-state index < -0.39 is 29.8 Å². The number of aliphatic hydroxyl groups is 1. The van der Waals surface area contributed by atoms with E-state index >= 15 is 0 Å². The van der Waals surface area contributed by atoms with Crippen molar-refractivity contribution in [1.29, 1.82) is 0 Å². The summed E-state index contributed by atoms with van der Waals surface area (Å²) in [7, 11) is 0. The maximum atomic E-state index is 12.0. The number of aliphatic hydroxyl groups excluding tert-OH is 1. The Morgan fingerprint density at radius 1 is 1.28 bits per heavy atom. The van der Waals surface area contributed by atoms with Crippen LogP contribution in [-0.4, -0.2) is 51.0 Å². The van der Waals surface area contributed by atoms with Crippen molar-refractivity contribution in [2.45, 2.75) is 57.4 Å². The molecule has 1 aliphatic heterocycles. The number of carboxylic acid groups (broad SMARTS) is 1. The van der Waals surface area contributed by atoms with Gasteiger partial charge in [0.25, 0.3) is 0 Å². The maximum Gasteiger partial charge on any atom is 0.411 e. The second kappa shape index (κ2) is 4.12. The lowest BCUT2D eigenvalue weighted by molar-refractivity contribution is -0.147. The van der Waals surface area contributed by atoms with Crippen molar-refractivity contribution in [3.8, 4) is 0 Å². The van der Waals surface area contributed by atoms with Gasteiger partial charge in [-0.2, -0.15) is 0 Å². The molecule has 4 atom stereocenters. The summed E-state index contributed by atoms with van der Waals surface area (Å²) in [5.74, 6) is -1.45. The smallest absolute Gasteiger partial charge is 0.411 e. The van der Waals surface area contributed by atoms with Crippen molar-refractivity contribution in [2.24, 2.45) is 5.92 Å². The van der Waals surface area contributed by atoms with Crippen LogP contribution < -0.4 is 0 Å². The third-order valence-electron chi connectivity index (χ3n) is 3.51. The molecule has 1 saturated heterocycles. The SMILES string of the molecule is CC(C)(C)OC(=O)N1[C@H]2C[C@H]([C@H](O)C2)[C@H]1C(=O)O. The van der Waals surface area contributed by atoms with Crippen LogP contribution in [-0.2, 0) is 9.53 Å². The highest BCUT2D eigenvalue weighted by Crippen LogP contribution is 2.43. The molecule has 0 unspecified atom stereocenters. The number of ether oxygens (including phenoxy) is 1. The van der Waals surface area contributed by atoms with E-state index in [-0.39, 0.29) is 12.0 Å². The number of carbonyl (C=O) groups is 2. The molecule has 1 aliphatic carbocycles. The highest BCUT2D eigenvalue weighted by molar-refractivity contribution is 5.82. The van der Waals surface area contributed by atoms with Gasteiger partial charge in [0, 0.05) is 12.0 Å². The minimum absolute atomic E-state index is 0.221. The Morgan fingerprint density at radius 3 is 2.39 bits per heavy atom. The molecule has 102 valence electrons. The number of piperidine rings is 1. The lowest BCUT2D eigenvalue weighted by Gasteiger charge is -2.35. The van der Waals surface area contributed by atoms with E-state index in [2.05, 4.69) is 0 Å². The molecule has 1 amide bonds. The summed E-state index contributed by atoms with van der Waals surface area (Å²) in [5.41, 5.74) is -0.652. The number of nitrogens with zero attached hydrogens (tertiary/aromatic N) is 1. The Hall–Kier alpha value is -1.30. The number of rotatable bonds is 1. The van der Waals surface area contributed by atoms with Crippen LogP contribution in [0.2, 0.25) is 0 Å². The minimum Gasteiger partial charge on any atom is -0.480 e. The van der Waals surface area contributed by atoms with Gasteiger partial charge in [-0.15, -0.1) is 0 Å². The predicted octanol–water partition coefficient (Wildman–Crippen LogP) is 0.830. The first-order valence-electron chi connectivity index (χ1n) is 6.13. The molecule has 0 spiro atoms. The van der Waals surface area contributed by atoms with Crippen LogP contribution in [0.5, 0.6) is 0 Å². The van der Waals surface area contributed by atoms with Crippen molar-refractivity contribution < 1.29 is 24.5 Å². The number of carbonyl (C=O) groups excluding carboxylic acids is 1. The normalized spacial score (nSPS) is 34.8. The van der Waals surface area contributed by atoms with E-state index in [0.29, 0.717) is 12.8 Å². The van der Waals surface area contributed by atoms with E-state index in [1.807, 2.05) is 0 Å². The monoisotopic (exact) mass is 257 g/mol. The van der Waals surface area contributed by atoms with Gasteiger partial charge in [-0.3, -0.25) is 4.90 Å². The molecule has 6 nitrogen and oxygen atoms in total. The molecule has 1 saturated carbocycles. The van der Waals surface area contributed by atoms with Crippen LogP contribution in [0.3, 0.4) is 0 Å². The minimum atomic E-state index is -1.08. The molecule has 6 heteroatoms. The summed E-state index contributed by atoms with van der Waals surface area (Å²) in [4.78, 5) is 24.6. The summed E-state index contributed by atoms with van der Waals surface area (Å²) in [5, 5.41) is 18.9. The number of likely N-dealkylation sites (tertiary alicyclic amines) is 1. The van der Waals surface area contributed by atoms with Gasteiger partial charge in [-0.05, 0) is 33.6 Å². The quantitative estimate of drug-likeness (QED) is 0.726. The molecule has 2 fully saturated rings. The second-order valence-electron chi connectivity index (χ2n) is 6.03. The van der Waals surface area contributed by atoms with E-state index in [0.717, 1.165) is 0 Å². The number of hydrogen-bond acceptors (Lipinski definition) is 4. The number of aliphatic carboxylic acids is 1. The molecule has 2 bridgehead atoms. The molecule has 2 N–H and O–H groups in total. The first-order valence-corrected chi connectivity index (χ1v) is 6.13. The molecule has 0 aromatic carbocycles. The Kier molecular flexibility index (Phi) is 3.01. The fourth-order valence-electron chi connectivity index (χ4n) is 2.90. The Balaban J connectivity index is 2.17. The molecule has 0 radical (unpaired) electrons. The van der Waals surface area contributed by atoms with Gasteiger partial charge < -0.3 is 14.9 Å². The number of amides is 1. The van der Waals surface area contributed by atoms with Crippen molar-refractivity contribution >= 4 is 12.1 Å². The number of fused-ring (bicyclic) bond motifs is 2. The van der Waals surface area contributed by atoms with E-state index in [1.165, 1.54) is 4.90 Å². The molecule has 2 aliphatic rings. The lowest BCUT2D eigenvalue weighted by Crippen LogP contribution is -2.53. The zero-order valence-electron chi connectivity index (χ0n) is 10.8. The highest BCUT2D eigenvalue weighted by atomic mass is 16.6. The fourth-order valence-corrected chi connectivity index (χ4v) is 2.90. The standard InChI is InChI=1S/C12H19NO5/c1-12(2,3)18-11(17)13-6-4-7(8(14)5-6)9(13)10(15)16/h6-9,14H,4-5H2,1-3H3,(H,15,16)/t6-,7+,8+,9-/m0/s1. The van der Waals surface area contributed by atoms with Crippen molar-refractivity contribution in [1.82, 2.24) is 4.90 Å². The van der Waals surface area contributed by atoms with E-state index in [9.17, 15) is 19.8 Å². The number of carboxylic acids is 1. The lowest BCUT2D eigenvalue weighted by atomic mass is 9.96. The van der Waals surface area contributed by atoms with Gasteiger partial charge in [0.15, 0.2) is 0 Å². The molecule has 18 heavy (non-hydrogen) atoms. The van der Waals surface area contributed by atoms with Gasteiger partial charge in [0.1, 0.15) is 11.6 Å². The predicted molar refractivity (Wildman–Crippen MR) is 62.0 cm³/mol. The Bertz CT molecular complexity index is 375. The third-order valence-corrected chi connectivity index (χ3v) is 3.51. The Labute approximate surface area is 106 Å². The first-order chi connectivity index (χ1) is 8.20. The average Bonchev–Trinajstić information content (AvgIpc) is 2.69. The van der Waals surface area contributed by atoms with Crippen molar-refractivity contribution in [3.63, 3.8) is 0 Å². The van der Waals surface area contributed by atoms with Gasteiger partial charge in [0.05, 0.1) is 6.10 Å². The molecule has 2 rings (SSSR count). The van der Waals surface area contributed by atoms with E-state index in [4.69, 9.17) is 4.74 Å². The van der Waals surface area contributed by atoms with Gasteiger partial charge in [-0.25, -0.2) is 9.59 Å². The summed E-state index contributed by atoms with van der Waals surface area (Å²) >= 11 is 0.